The van der Waals surface area contributed by atoms with Crippen LogP contribution in [0.3, 0.4) is 0 Å². The van der Waals surface area contributed by atoms with Crippen LogP contribution in [0.2, 0.25) is 0 Å². The number of amides is 1. The van der Waals surface area contributed by atoms with Gasteiger partial charge in [-0.25, -0.2) is 18.2 Å². The Labute approximate surface area is 164 Å². The van der Waals surface area contributed by atoms with Gasteiger partial charge < -0.3 is 14.7 Å². The second-order valence-electron chi connectivity index (χ2n) is 6.85. The normalized spacial score (nSPS) is 18.6. The van der Waals surface area contributed by atoms with E-state index in [0.717, 1.165) is 16.4 Å². The van der Waals surface area contributed by atoms with Crippen LogP contribution in [0.1, 0.15) is 16.8 Å². The van der Waals surface area contributed by atoms with E-state index in [1.165, 1.54) is 18.2 Å². The molecule has 0 spiro atoms. The van der Waals surface area contributed by atoms with Crippen molar-refractivity contribution in [3.63, 3.8) is 0 Å². The summed E-state index contributed by atoms with van der Waals surface area (Å²) in [6, 6.07) is 14.0. The minimum atomic E-state index is -3.18. The second-order valence-corrected chi connectivity index (χ2v) is 6.85. The fourth-order valence-electron chi connectivity index (χ4n) is 3.29. The van der Waals surface area contributed by atoms with E-state index in [-0.39, 0.29) is 18.0 Å². The second kappa shape index (κ2) is 7.27. The molecule has 8 heteroatoms. The number of rotatable bonds is 3. The Morgan fingerprint density at radius 3 is 2.76 bits per heavy atom. The van der Waals surface area contributed by atoms with Gasteiger partial charge >= 0.3 is 0 Å². The number of fused-ring (bicyclic) bond motifs is 1. The number of hydrogen-bond acceptors (Lipinski definition) is 4. The highest BCUT2D eigenvalue weighted by Crippen LogP contribution is 2.33. The number of carbonyl (C=O) groups excluding carboxylic acids is 1. The van der Waals surface area contributed by atoms with Gasteiger partial charge in [-0.2, -0.15) is 0 Å². The first kappa shape index (κ1) is 19.0. The Bertz CT molecular complexity index is 1070. The Hall–Kier alpha value is -3.29. The van der Waals surface area contributed by atoms with Crippen molar-refractivity contribution < 1.29 is 27.8 Å². The van der Waals surface area contributed by atoms with Crippen molar-refractivity contribution in [1.82, 2.24) is 9.88 Å². The molecule has 1 N–H and O–H groups in total. The highest BCUT2D eigenvalue weighted by Gasteiger charge is 2.47. The molecule has 5 nitrogen and oxygen atoms in total. The molecule has 0 aliphatic carbocycles. The third-order valence-corrected chi connectivity index (χ3v) is 4.90. The number of ether oxygens (including phenoxy) is 1. The van der Waals surface area contributed by atoms with Crippen molar-refractivity contribution in [3.8, 4) is 11.6 Å². The lowest BCUT2D eigenvalue weighted by molar-refractivity contribution is -0.131. The van der Waals surface area contributed by atoms with E-state index in [1.54, 1.807) is 18.2 Å². The molecule has 3 aromatic rings. The number of aromatic nitrogens is 1. The maximum atomic E-state index is 14.4. The average Bonchev–Trinajstić information content (AvgIpc) is 2.71. The number of hydrogen-bond donors (Lipinski definition) is 1. The average molecular weight is 402 g/mol. The van der Waals surface area contributed by atoms with Crippen LogP contribution >= 0.6 is 0 Å². The monoisotopic (exact) mass is 402 g/mol. The third-order valence-electron chi connectivity index (χ3n) is 4.90. The first-order chi connectivity index (χ1) is 13.8. The molecule has 1 atom stereocenters. The fraction of sp³-hybridized carbons (Fsp3) is 0.238. The molecule has 1 unspecified atom stereocenters. The largest absolute Gasteiger partial charge is 0.505 e. The lowest BCUT2D eigenvalue weighted by atomic mass is 10.0. The van der Waals surface area contributed by atoms with Crippen molar-refractivity contribution in [2.24, 2.45) is 0 Å². The minimum absolute atomic E-state index is 0.0196. The van der Waals surface area contributed by atoms with Crippen molar-refractivity contribution in [2.45, 2.75) is 18.4 Å². The molecule has 1 aliphatic rings. The van der Waals surface area contributed by atoms with E-state index in [2.05, 4.69) is 4.98 Å². The van der Waals surface area contributed by atoms with E-state index < -0.39 is 42.5 Å². The number of halogens is 3. The van der Waals surface area contributed by atoms with E-state index >= 15 is 0 Å². The summed E-state index contributed by atoms with van der Waals surface area (Å²) in [7, 11) is 0. The van der Waals surface area contributed by atoms with Gasteiger partial charge in [0.1, 0.15) is 0 Å². The van der Waals surface area contributed by atoms with Gasteiger partial charge in [0.05, 0.1) is 17.6 Å². The summed E-state index contributed by atoms with van der Waals surface area (Å²) in [4.78, 5) is 18.0. The number of carbonyl (C=O) groups is 1. The molecule has 2 heterocycles. The first-order valence-electron chi connectivity index (χ1n) is 9.02. The molecular weight excluding hydrogens is 385 g/mol. The van der Waals surface area contributed by atoms with Crippen LogP contribution in [0.15, 0.2) is 54.6 Å². The number of aromatic hydroxyl groups is 1. The zero-order valence-corrected chi connectivity index (χ0v) is 15.2. The Morgan fingerprint density at radius 2 is 1.93 bits per heavy atom. The molecule has 0 radical (unpaired) electrons. The van der Waals surface area contributed by atoms with Crippen molar-refractivity contribution in [2.75, 3.05) is 13.1 Å². The van der Waals surface area contributed by atoms with Crippen LogP contribution in [0.5, 0.6) is 11.6 Å². The van der Waals surface area contributed by atoms with Crippen LogP contribution in [0, 0.1) is 5.82 Å². The lowest BCUT2D eigenvalue weighted by Crippen LogP contribution is -2.55. The summed E-state index contributed by atoms with van der Waals surface area (Å²) in [5, 5.41) is 10.3. The fourth-order valence-corrected chi connectivity index (χ4v) is 3.29. The highest BCUT2D eigenvalue weighted by molar-refractivity contribution is 5.95. The topological polar surface area (TPSA) is 62.7 Å². The van der Waals surface area contributed by atoms with Crippen molar-refractivity contribution in [3.05, 3.63) is 66.0 Å². The molecule has 0 bridgehead atoms. The number of alkyl halides is 2. The lowest BCUT2D eigenvalue weighted by Gasteiger charge is -2.38. The van der Waals surface area contributed by atoms with E-state index in [4.69, 9.17) is 4.74 Å². The number of pyridine rings is 1. The number of piperidine rings is 1. The Kier molecular flexibility index (Phi) is 4.77. The molecule has 1 saturated heterocycles. The van der Waals surface area contributed by atoms with Crippen LogP contribution < -0.4 is 4.74 Å². The van der Waals surface area contributed by atoms with Crippen LogP contribution in [0.4, 0.5) is 13.2 Å². The SMILES string of the molecule is O=C(c1cccc(O)c1F)N1CCC(F)(F)C(Oc2ccc3ccccc3n2)C1. The summed E-state index contributed by atoms with van der Waals surface area (Å²) in [5.74, 6) is -5.70. The molecule has 1 aliphatic heterocycles. The maximum Gasteiger partial charge on any atom is 0.287 e. The Morgan fingerprint density at radius 1 is 1.14 bits per heavy atom. The number of para-hydroxylation sites is 1. The van der Waals surface area contributed by atoms with Crippen LogP contribution in [-0.2, 0) is 0 Å². The highest BCUT2D eigenvalue weighted by atomic mass is 19.3. The van der Waals surface area contributed by atoms with Gasteiger partial charge in [0.25, 0.3) is 11.8 Å². The predicted octanol–water partition coefficient (Wildman–Crippen LogP) is 4.01. The number of phenolic OH excluding ortho intramolecular Hbond substituents is 1. The summed E-state index contributed by atoms with van der Waals surface area (Å²) in [6.45, 7) is -0.693. The third kappa shape index (κ3) is 3.70. The van der Waals surface area contributed by atoms with Gasteiger partial charge in [-0.1, -0.05) is 24.3 Å². The molecule has 0 saturated carbocycles. The van der Waals surface area contributed by atoms with E-state index in [0.29, 0.717) is 5.52 Å². The Balaban J connectivity index is 1.56. The number of phenols is 1. The van der Waals surface area contributed by atoms with Gasteiger partial charge in [0.15, 0.2) is 17.7 Å². The molecule has 2 aromatic carbocycles. The summed E-state index contributed by atoms with van der Waals surface area (Å²) >= 11 is 0. The number of likely N-dealkylation sites (tertiary alicyclic amines) is 1. The smallest absolute Gasteiger partial charge is 0.287 e. The van der Waals surface area contributed by atoms with Crippen LogP contribution in [-0.4, -0.2) is 46.0 Å². The number of benzene rings is 2. The minimum Gasteiger partial charge on any atom is -0.505 e. The molecule has 29 heavy (non-hydrogen) atoms. The molecule has 150 valence electrons. The maximum absolute atomic E-state index is 14.4. The molecule has 1 amide bonds. The van der Waals surface area contributed by atoms with Gasteiger partial charge in [0.2, 0.25) is 5.88 Å². The molecule has 1 aromatic heterocycles. The molecule has 4 rings (SSSR count). The van der Waals surface area contributed by atoms with Gasteiger partial charge in [-0.3, -0.25) is 4.79 Å². The van der Waals surface area contributed by atoms with Crippen molar-refractivity contribution >= 4 is 16.8 Å². The predicted molar refractivity (Wildman–Crippen MR) is 99.7 cm³/mol. The summed E-state index contributed by atoms with van der Waals surface area (Å²) in [5.41, 5.74) is 0.219. The number of nitrogens with zero attached hydrogens (tertiary/aromatic N) is 2. The summed E-state index contributed by atoms with van der Waals surface area (Å²) < 4.78 is 48.4. The van der Waals surface area contributed by atoms with Crippen molar-refractivity contribution in [1.29, 1.82) is 0 Å². The first-order valence-corrected chi connectivity index (χ1v) is 9.02. The summed E-state index contributed by atoms with van der Waals surface area (Å²) in [6.07, 6.45) is -2.26. The van der Waals surface area contributed by atoms with E-state index in [1.807, 2.05) is 12.1 Å². The molecular formula is C21H17F3N2O3. The quantitative estimate of drug-likeness (QED) is 0.719. The zero-order valence-electron chi connectivity index (χ0n) is 15.2. The zero-order chi connectivity index (χ0) is 20.6. The van der Waals surface area contributed by atoms with Gasteiger partial charge in [-0.05, 0) is 24.3 Å². The standard InChI is InChI=1S/C21H17F3N2O3/c22-19-14(5-3-7-16(19)27)20(28)26-11-10-21(23,24)17(12-26)29-18-9-8-13-4-1-2-6-15(13)25-18/h1-9,17,27H,10-12H2. The van der Waals surface area contributed by atoms with Gasteiger partial charge in [0, 0.05) is 24.4 Å². The van der Waals surface area contributed by atoms with Gasteiger partial charge in [-0.15, -0.1) is 0 Å². The van der Waals surface area contributed by atoms with E-state index in [9.17, 15) is 23.1 Å². The van der Waals surface area contributed by atoms with Crippen LogP contribution in [0.25, 0.3) is 10.9 Å². The molecule has 1 fully saturated rings.